The molecule has 1 amide bonds. The predicted octanol–water partition coefficient (Wildman–Crippen LogP) is 4.47. The van der Waals surface area contributed by atoms with Gasteiger partial charge in [0.05, 0.1) is 24.5 Å². The summed E-state index contributed by atoms with van der Waals surface area (Å²) in [5.41, 5.74) is 4.02. The average molecular weight is 435 g/mol. The number of aryl methyl sites for hydroxylation is 1. The van der Waals surface area contributed by atoms with E-state index in [4.69, 9.17) is 0 Å². The second kappa shape index (κ2) is 9.62. The van der Waals surface area contributed by atoms with Crippen LogP contribution in [0.3, 0.4) is 0 Å². The number of rotatable bonds is 8. The van der Waals surface area contributed by atoms with Crippen LogP contribution in [0.2, 0.25) is 0 Å². The van der Waals surface area contributed by atoms with Gasteiger partial charge in [0.2, 0.25) is 10.0 Å². The van der Waals surface area contributed by atoms with E-state index < -0.39 is 10.0 Å². The zero-order valence-corrected chi connectivity index (χ0v) is 18.5. The van der Waals surface area contributed by atoms with Gasteiger partial charge < -0.3 is 5.32 Å². The SMILES string of the molecule is C=CCN(c1ccc(C(=O)N[C@H](c2ccccc2)c2ccccc2C)cc1)S(C)(=O)=O. The minimum atomic E-state index is -3.45. The third-order valence-electron chi connectivity index (χ3n) is 5.02. The van der Waals surface area contributed by atoms with Crippen LogP contribution >= 0.6 is 0 Å². The number of anilines is 1. The molecule has 3 aromatic carbocycles. The zero-order valence-electron chi connectivity index (χ0n) is 17.7. The van der Waals surface area contributed by atoms with Gasteiger partial charge >= 0.3 is 0 Å². The van der Waals surface area contributed by atoms with Crippen LogP contribution < -0.4 is 9.62 Å². The highest BCUT2D eigenvalue weighted by molar-refractivity contribution is 7.92. The molecule has 1 N–H and O–H groups in total. The van der Waals surface area contributed by atoms with Crippen LogP contribution in [0.1, 0.15) is 33.1 Å². The largest absolute Gasteiger partial charge is 0.341 e. The quantitative estimate of drug-likeness (QED) is 0.532. The maximum Gasteiger partial charge on any atom is 0.252 e. The van der Waals surface area contributed by atoms with Crippen molar-refractivity contribution in [2.24, 2.45) is 0 Å². The van der Waals surface area contributed by atoms with Gasteiger partial charge in [-0.1, -0.05) is 60.7 Å². The normalized spacial score (nSPS) is 12.1. The Balaban J connectivity index is 1.89. The summed E-state index contributed by atoms with van der Waals surface area (Å²) in [7, 11) is -3.45. The van der Waals surface area contributed by atoms with E-state index in [2.05, 4.69) is 11.9 Å². The van der Waals surface area contributed by atoms with Crippen molar-refractivity contribution in [1.29, 1.82) is 0 Å². The van der Waals surface area contributed by atoms with E-state index >= 15 is 0 Å². The number of amides is 1. The third-order valence-corrected chi connectivity index (χ3v) is 6.18. The van der Waals surface area contributed by atoms with Crippen molar-refractivity contribution in [2.75, 3.05) is 17.1 Å². The van der Waals surface area contributed by atoms with Crippen LogP contribution in [0.4, 0.5) is 5.69 Å². The van der Waals surface area contributed by atoms with Crippen LogP contribution in [-0.4, -0.2) is 27.1 Å². The number of carbonyl (C=O) groups is 1. The Labute approximate surface area is 184 Å². The van der Waals surface area contributed by atoms with E-state index in [1.807, 2.05) is 61.5 Å². The number of nitrogens with one attached hydrogen (secondary N) is 1. The van der Waals surface area contributed by atoms with E-state index in [0.717, 1.165) is 22.9 Å². The fourth-order valence-corrected chi connectivity index (χ4v) is 4.32. The highest BCUT2D eigenvalue weighted by Crippen LogP contribution is 2.26. The van der Waals surface area contributed by atoms with E-state index in [-0.39, 0.29) is 18.5 Å². The fourth-order valence-electron chi connectivity index (χ4n) is 3.44. The molecule has 5 nitrogen and oxygen atoms in total. The molecule has 0 unspecified atom stereocenters. The van der Waals surface area contributed by atoms with Gasteiger partial charge in [-0.25, -0.2) is 8.42 Å². The van der Waals surface area contributed by atoms with Gasteiger partial charge in [-0.15, -0.1) is 6.58 Å². The maximum atomic E-state index is 13.1. The number of hydrogen-bond acceptors (Lipinski definition) is 3. The second-order valence-electron chi connectivity index (χ2n) is 7.30. The number of carbonyl (C=O) groups excluding carboxylic acids is 1. The molecule has 31 heavy (non-hydrogen) atoms. The Hall–Kier alpha value is -3.38. The maximum absolute atomic E-state index is 13.1. The highest BCUT2D eigenvalue weighted by atomic mass is 32.2. The second-order valence-corrected chi connectivity index (χ2v) is 9.21. The number of sulfonamides is 1. The van der Waals surface area contributed by atoms with E-state index in [1.165, 1.54) is 10.4 Å². The summed E-state index contributed by atoms with van der Waals surface area (Å²) in [5, 5.41) is 3.12. The molecule has 1 atom stereocenters. The predicted molar refractivity (Wildman–Crippen MR) is 126 cm³/mol. The summed E-state index contributed by atoms with van der Waals surface area (Å²) < 4.78 is 25.3. The summed E-state index contributed by atoms with van der Waals surface area (Å²) in [6.07, 6.45) is 2.66. The molecule has 0 aliphatic rings. The first kappa shape index (κ1) is 22.3. The summed E-state index contributed by atoms with van der Waals surface area (Å²) in [6, 6.07) is 24.0. The van der Waals surface area contributed by atoms with Gasteiger partial charge in [0.1, 0.15) is 0 Å². The topological polar surface area (TPSA) is 66.5 Å². The molecule has 0 fully saturated rings. The minimum Gasteiger partial charge on any atom is -0.341 e. The van der Waals surface area contributed by atoms with Crippen molar-refractivity contribution in [2.45, 2.75) is 13.0 Å². The highest BCUT2D eigenvalue weighted by Gasteiger charge is 2.20. The Kier molecular flexibility index (Phi) is 6.92. The van der Waals surface area contributed by atoms with Crippen molar-refractivity contribution in [1.82, 2.24) is 5.32 Å². The lowest BCUT2D eigenvalue weighted by Gasteiger charge is -2.23. The molecule has 0 saturated heterocycles. The molecule has 0 aliphatic carbocycles. The van der Waals surface area contributed by atoms with E-state index in [0.29, 0.717) is 11.3 Å². The van der Waals surface area contributed by atoms with E-state index in [1.54, 1.807) is 24.3 Å². The van der Waals surface area contributed by atoms with Crippen LogP contribution in [-0.2, 0) is 10.0 Å². The van der Waals surface area contributed by atoms with Gasteiger partial charge in [0.25, 0.3) is 5.91 Å². The monoisotopic (exact) mass is 434 g/mol. The van der Waals surface area contributed by atoms with Crippen LogP contribution in [0.5, 0.6) is 0 Å². The van der Waals surface area contributed by atoms with Crippen molar-refractivity contribution >= 4 is 21.6 Å². The molecule has 0 aromatic heterocycles. The molecule has 0 heterocycles. The summed E-state index contributed by atoms with van der Waals surface area (Å²) in [4.78, 5) is 13.1. The lowest BCUT2D eigenvalue weighted by Crippen LogP contribution is -2.31. The van der Waals surface area contributed by atoms with Gasteiger partial charge in [-0.2, -0.15) is 0 Å². The summed E-state index contributed by atoms with van der Waals surface area (Å²) in [5.74, 6) is -0.238. The van der Waals surface area contributed by atoms with Gasteiger partial charge in [0.15, 0.2) is 0 Å². The molecule has 0 bridgehead atoms. The Bertz CT molecular complexity index is 1160. The fraction of sp³-hybridized carbons (Fsp3) is 0.160. The summed E-state index contributed by atoms with van der Waals surface area (Å²) in [6.45, 7) is 5.79. The lowest BCUT2D eigenvalue weighted by atomic mass is 9.94. The smallest absolute Gasteiger partial charge is 0.252 e. The molecule has 6 heteroatoms. The number of benzene rings is 3. The molecule has 3 rings (SSSR count). The van der Waals surface area contributed by atoms with Crippen molar-refractivity contribution in [3.8, 4) is 0 Å². The van der Waals surface area contributed by atoms with Crippen molar-refractivity contribution < 1.29 is 13.2 Å². The van der Waals surface area contributed by atoms with Crippen molar-refractivity contribution in [3.05, 3.63) is 114 Å². The van der Waals surface area contributed by atoms with E-state index in [9.17, 15) is 13.2 Å². The third kappa shape index (κ3) is 5.41. The molecular weight excluding hydrogens is 408 g/mol. The first-order valence-electron chi connectivity index (χ1n) is 9.91. The average Bonchev–Trinajstić information content (AvgIpc) is 2.76. The van der Waals surface area contributed by atoms with Gasteiger partial charge in [-0.3, -0.25) is 9.10 Å². The van der Waals surface area contributed by atoms with Crippen molar-refractivity contribution in [3.63, 3.8) is 0 Å². The van der Waals surface area contributed by atoms with Crippen LogP contribution in [0.25, 0.3) is 0 Å². The molecule has 0 radical (unpaired) electrons. The Morgan fingerprint density at radius 1 is 1.00 bits per heavy atom. The minimum absolute atomic E-state index is 0.160. The number of hydrogen-bond donors (Lipinski definition) is 1. The van der Waals surface area contributed by atoms with Gasteiger partial charge in [0, 0.05) is 5.56 Å². The van der Waals surface area contributed by atoms with Crippen LogP contribution in [0.15, 0.2) is 91.5 Å². The Morgan fingerprint density at radius 2 is 1.61 bits per heavy atom. The zero-order chi connectivity index (χ0) is 22.4. The Morgan fingerprint density at radius 3 is 2.19 bits per heavy atom. The lowest BCUT2D eigenvalue weighted by molar-refractivity contribution is 0.0943. The molecule has 3 aromatic rings. The molecule has 0 aliphatic heterocycles. The first-order valence-corrected chi connectivity index (χ1v) is 11.8. The molecular formula is C25H26N2O3S. The number of nitrogens with zero attached hydrogens (tertiary/aromatic N) is 1. The standard InChI is InChI=1S/C25H26N2O3S/c1-4-18-27(31(3,29)30)22-16-14-21(15-17-22)25(28)26-24(20-11-6-5-7-12-20)23-13-9-8-10-19(23)2/h4-17,24H,1,18H2,2-3H3,(H,26,28)/t24-/m1/s1. The van der Waals surface area contributed by atoms with Crippen LogP contribution in [0, 0.1) is 6.92 Å². The van der Waals surface area contributed by atoms with Gasteiger partial charge in [-0.05, 0) is 47.9 Å². The molecule has 160 valence electrons. The molecule has 0 saturated carbocycles. The summed E-state index contributed by atoms with van der Waals surface area (Å²) >= 11 is 0. The first-order chi connectivity index (χ1) is 14.8. The molecule has 0 spiro atoms.